The lowest BCUT2D eigenvalue weighted by Crippen LogP contribution is -2.27. The summed E-state index contributed by atoms with van der Waals surface area (Å²) in [5.41, 5.74) is 4.27. The molecule has 0 saturated heterocycles. The predicted octanol–water partition coefficient (Wildman–Crippen LogP) is 3.24. The molecule has 2 aromatic carbocycles. The third-order valence-corrected chi connectivity index (χ3v) is 6.92. The first-order chi connectivity index (χ1) is 13.3. The number of rotatable bonds is 6. The lowest BCUT2D eigenvalue weighted by molar-refractivity contribution is -0.0258. The van der Waals surface area contributed by atoms with Crippen molar-refractivity contribution in [2.75, 3.05) is 14.2 Å². The van der Waals surface area contributed by atoms with Crippen molar-refractivity contribution in [2.45, 2.75) is 43.5 Å². The monoisotopic (exact) mass is 402 g/mol. The molecule has 3 rings (SSSR count). The Hall–Kier alpha value is -2.22. The van der Waals surface area contributed by atoms with Gasteiger partial charge in [0, 0.05) is 12.6 Å². The Balaban J connectivity index is 1.71. The van der Waals surface area contributed by atoms with Crippen LogP contribution >= 0.6 is 0 Å². The number of fused-ring (bicyclic) bond motifs is 1. The maximum Gasteiger partial charge on any atom is 0.264 e. The fraction of sp³-hybridized carbons (Fsp3) is 0.381. The van der Waals surface area contributed by atoms with Gasteiger partial charge < -0.3 is 5.32 Å². The SMILES string of the molecule is CON(C)S(=O)(=O)c1ccc(C(=O)NC(C)c2ccc3c(c2)CCCC3)cc1. The number of nitrogens with one attached hydrogen (secondary N) is 1. The highest BCUT2D eigenvalue weighted by Crippen LogP contribution is 2.25. The van der Waals surface area contributed by atoms with Gasteiger partial charge >= 0.3 is 0 Å². The van der Waals surface area contributed by atoms with Crippen LogP contribution in [0.4, 0.5) is 0 Å². The summed E-state index contributed by atoms with van der Waals surface area (Å²) in [6.45, 7) is 1.95. The summed E-state index contributed by atoms with van der Waals surface area (Å²) in [5, 5.41) is 2.99. The van der Waals surface area contributed by atoms with Gasteiger partial charge in [0.25, 0.3) is 15.9 Å². The van der Waals surface area contributed by atoms with Crippen molar-refractivity contribution >= 4 is 15.9 Å². The smallest absolute Gasteiger partial charge is 0.264 e. The van der Waals surface area contributed by atoms with Gasteiger partial charge in [-0.3, -0.25) is 9.63 Å². The number of sulfonamides is 1. The standard InChI is InChI=1S/C21H26N2O4S/c1-15(18-9-8-16-6-4-5-7-19(16)14-18)22-21(24)17-10-12-20(13-11-17)28(25,26)23(2)27-3/h8-15H,4-7H2,1-3H3,(H,22,24). The van der Waals surface area contributed by atoms with Gasteiger partial charge in [-0.15, -0.1) is 0 Å². The molecular formula is C21H26N2O4S. The lowest BCUT2D eigenvalue weighted by atomic mass is 9.89. The largest absolute Gasteiger partial charge is 0.346 e. The normalized spacial score (nSPS) is 15.1. The number of benzene rings is 2. The third kappa shape index (κ3) is 4.27. The quantitative estimate of drug-likeness (QED) is 0.753. The molecule has 6 nitrogen and oxygen atoms in total. The summed E-state index contributed by atoms with van der Waals surface area (Å²) < 4.78 is 25.2. The Morgan fingerprint density at radius 1 is 1.07 bits per heavy atom. The predicted molar refractivity (Wildman–Crippen MR) is 107 cm³/mol. The van der Waals surface area contributed by atoms with E-state index in [2.05, 4.69) is 23.5 Å². The molecule has 28 heavy (non-hydrogen) atoms. The first-order valence-electron chi connectivity index (χ1n) is 9.38. The van der Waals surface area contributed by atoms with Gasteiger partial charge in [-0.1, -0.05) is 22.7 Å². The molecule has 150 valence electrons. The zero-order valence-electron chi connectivity index (χ0n) is 16.4. The van der Waals surface area contributed by atoms with Crippen molar-refractivity contribution in [2.24, 2.45) is 0 Å². The van der Waals surface area contributed by atoms with Crippen LogP contribution in [0.3, 0.4) is 0 Å². The van der Waals surface area contributed by atoms with Crippen LogP contribution in [0.25, 0.3) is 0 Å². The number of carbonyl (C=O) groups is 1. The van der Waals surface area contributed by atoms with Crippen molar-refractivity contribution in [3.63, 3.8) is 0 Å². The van der Waals surface area contributed by atoms with E-state index in [0.29, 0.717) is 5.56 Å². The summed E-state index contributed by atoms with van der Waals surface area (Å²) in [7, 11) is -1.13. The van der Waals surface area contributed by atoms with Crippen molar-refractivity contribution in [3.8, 4) is 0 Å². The first-order valence-corrected chi connectivity index (χ1v) is 10.8. The molecule has 0 heterocycles. The summed E-state index contributed by atoms with van der Waals surface area (Å²) in [6, 6.07) is 12.1. The molecule has 1 unspecified atom stereocenters. The number of hydrogen-bond acceptors (Lipinski definition) is 4. The van der Waals surface area contributed by atoms with Crippen molar-refractivity contribution in [3.05, 3.63) is 64.7 Å². The molecule has 1 N–H and O–H groups in total. The Bertz CT molecular complexity index is 955. The van der Waals surface area contributed by atoms with Gasteiger partial charge in [0.1, 0.15) is 0 Å². The molecule has 1 aliphatic rings. The Morgan fingerprint density at radius 3 is 2.36 bits per heavy atom. The minimum Gasteiger partial charge on any atom is -0.346 e. The number of nitrogens with zero attached hydrogens (tertiary/aromatic N) is 1. The van der Waals surface area contributed by atoms with E-state index in [0.717, 1.165) is 22.9 Å². The van der Waals surface area contributed by atoms with Crippen LogP contribution in [-0.2, 0) is 27.7 Å². The zero-order chi connectivity index (χ0) is 20.3. The summed E-state index contributed by atoms with van der Waals surface area (Å²) in [4.78, 5) is 17.4. The average molecular weight is 403 g/mol. The molecule has 7 heteroatoms. The second kappa shape index (κ2) is 8.43. The van der Waals surface area contributed by atoms with Gasteiger partial charge in [-0.05, 0) is 73.6 Å². The number of hydroxylamine groups is 1. The minimum absolute atomic E-state index is 0.0659. The van der Waals surface area contributed by atoms with E-state index < -0.39 is 10.0 Å². The van der Waals surface area contributed by atoms with Crippen LogP contribution in [0.1, 0.15) is 52.9 Å². The minimum atomic E-state index is -3.73. The molecule has 0 spiro atoms. The van der Waals surface area contributed by atoms with Crippen LogP contribution in [0.15, 0.2) is 47.4 Å². The van der Waals surface area contributed by atoms with Crippen LogP contribution in [0.2, 0.25) is 0 Å². The van der Waals surface area contributed by atoms with E-state index in [4.69, 9.17) is 4.84 Å². The van der Waals surface area contributed by atoms with Crippen LogP contribution in [-0.4, -0.2) is 33.0 Å². The highest BCUT2D eigenvalue weighted by molar-refractivity contribution is 7.89. The van der Waals surface area contributed by atoms with Gasteiger partial charge in [0.05, 0.1) is 18.0 Å². The molecule has 1 aliphatic carbocycles. The van der Waals surface area contributed by atoms with E-state index in [1.807, 2.05) is 6.92 Å². The Morgan fingerprint density at radius 2 is 1.71 bits per heavy atom. The molecule has 0 aliphatic heterocycles. The van der Waals surface area contributed by atoms with E-state index >= 15 is 0 Å². The number of amides is 1. The Kier molecular flexibility index (Phi) is 6.17. The number of aryl methyl sites for hydroxylation is 2. The fourth-order valence-corrected chi connectivity index (χ4v) is 4.38. The second-order valence-corrected chi connectivity index (χ2v) is 8.99. The second-order valence-electron chi connectivity index (χ2n) is 7.05. The average Bonchev–Trinajstić information content (AvgIpc) is 2.72. The molecule has 0 aromatic heterocycles. The molecule has 0 radical (unpaired) electrons. The van der Waals surface area contributed by atoms with Crippen molar-refractivity contribution in [1.29, 1.82) is 0 Å². The maximum atomic E-state index is 12.6. The molecule has 2 aromatic rings. The zero-order valence-corrected chi connectivity index (χ0v) is 17.3. The third-order valence-electron chi connectivity index (χ3n) is 5.23. The molecule has 0 fully saturated rings. The summed E-state index contributed by atoms with van der Waals surface area (Å²) >= 11 is 0. The van der Waals surface area contributed by atoms with Gasteiger partial charge in [0.15, 0.2) is 0 Å². The highest BCUT2D eigenvalue weighted by atomic mass is 32.2. The maximum absolute atomic E-state index is 12.6. The molecular weight excluding hydrogens is 376 g/mol. The van der Waals surface area contributed by atoms with E-state index in [9.17, 15) is 13.2 Å². The van der Waals surface area contributed by atoms with E-state index in [-0.39, 0.29) is 16.8 Å². The number of carbonyl (C=O) groups excluding carboxylic acids is 1. The summed E-state index contributed by atoms with van der Waals surface area (Å²) in [6.07, 6.45) is 4.68. The van der Waals surface area contributed by atoms with Crippen molar-refractivity contribution < 1.29 is 18.0 Å². The summed E-state index contributed by atoms with van der Waals surface area (Å²) in [5.74, 6) is -0.241. The molecule has 1 atom stereocenters. The fourth-order valence-electron chi connectivity index (χ4n) is 3.41. The lowest BCUT2D eigenvalue weighted by Gasteiger charge is -2.20. The van der Waals surface area contributed by atoms with Gasteiger partial charge in [-0.2, -0.15) is 0 Å². The molecule has 1 amide bonds. The Labute approximate surface area is 166 Å². The first kappa shape index (κ1) is 20.5. The molecule has 0 saturated carbocycles. The van der Waals surface area contributed by atoms with Crippen molar-refractivity contribution in [1.82, 2.24) is 9.79 Å². The highest BCUT2D eigenvalue weighted by Gasteiger charge is 2.21. The molecule has 0 bridgehead atoms. The van der Waals surface area contributed by atoms with Crippen LogP contribution in [0.5, 0.6) is 0 Å². The van der Waals surface area contributed by atoms with Gasteiger partial charge in [0.2, 0.25) is 0 Å². The van der Waals surface area contributed by atoms with Gasteiger partial charge in [-0.25, -0.2) is 8.42 Å². The number of hydrogen-bond donors (Lipinski definition) is 1. The van der Waals surface area contributed by atoms with E-state index in [1.54, 1.807) is 0 Å². The van der Waals surface area contributed by atoms with E-state index in [1.165, 1.54) is 62.4 Å². The topological polar surface area (TPSA) is 75.7 Å². The van der Waals surface area contributed by atoms with Crippen LogP contribution < -0.4 is 5.32 Å². The van der Waals surface area contributed by atoms with Crippen LogP contribution in [0, 0.1) is 0 Å².